The first-order valence-corrected chi connectivity index (χ1v) is 18.1. The van der Waals surface area contributed by atoms with Crippen molar-refractivity contribution >= 4 is 11.4 Å². The molecule has 5 N–H and O–H groups in total. The number of hydrogen-bond donors (Lipinski definition) is 4. The van der Waals surface area contributed by atoms with Gasteiger partial charge in [0.05, 0.1) is 24.4 Å². The fourth-order valence-electron chi connectivity index (χ4n) is 6.35. The van der Waals surface area contributed by atoms with Crippen molar-refractivity contribution < 1.29 is 45.6 Å². The number of ether oxygens (including phenoxy) is 1. The van der Waals surface area contributed by atoms with Crippen molar-refractivity contribution in [3.05, 3.63) is 58.7 Å². The number of alkyl halides is 6. The van der Waals surface area contributed by atoms with Crippen molar-refractivity contribution in [1.29, 1.82) is 0 Å². The summed E-state index contributed by atoms with van der Waals surface area (Å²) in [6, 6.07) is 13.1. The standard InChI is InChI=1S/C18H29NO.C12H19N.C6H10O.C3H2F6O.3H2/c1-12(2)14-8-7-9-15(13(3)4)18(14)19-16-10-5-6-11-17(16)20;1-8(2)10-6-5-7-11(9(3)4)12(10)13;1-2-4-6-5(3-1)7-6;4-2(5,6)1(10)3(7,8)9;;;/h7-9,12-13,16-17,19-20H,5-6,10-11H2,1-4H3;5-9H,13H2,1-4H3;5-6H,1-4H2;1,10H;3*1H/t16-,17-;;;;;;/m0....../s1. The van der Waals surface area contributed by atoms with E-state index in [1.165, 1.54) is 60.0 Å². The van der Waals surface area contributed by atoms with Crippen LogP contribution in [-0.2, 0) is 4.74 Å². The number of epoxide rings is 1. The number of aliphatic hydroxyl groups is 2. The maximum atomic E-state index is 11.0. The summed E-state index contributed by atoms with van der Waals surface area (Å²) in [7, 11) is 0. The maximum absolute atomic E-state index is 11.0. The number of benzene rings is 2. The molecule has 1 heterocycles. The van der Waals surface area contributed by atoms with Gasteiger partial charge in [0.1, 0.15) is 0 Å². The van der Waals surface area contributed by atoms with Crippen LogP contribution in [0.3, 0.4) is 0 Å². The highest BCUT2D eigenvalue weighted by Gasteiger charge is 2.55. The summed E-state index contributed by atoms with van der Waals surface area (Å²) in [5.41, 5.74) is 13.6. The first-order chi connectivity index (χ1) is 23.2. The average molecular weight is 725 g/mol. The smallest absolute Gasteiger partial charge is 0.398 e. The fraction of sp³-hybridized carbons (Fsp3) is 0.692. The Hall–Kier alpha value is -2.50. The van der Waals surface area contributed by atoms with Gasteiger partial charge in [-0.2, -0.15) is 26.3 Å². The molecule has 2 unspecified atom stereocenters. The van der Waals surface area contributed by atoms with E-state index < -0.39 is 18.5 Å². The third-order valence-electron chi connectivity index (χ3n) is 9.38. The molecular weight excluding hydrogens is 658 g/mol. The maximum Gasteiger partial charge on any atom is 0.423 e. The zero-order chi connectivity index (χ0) is 38.0. The van der Waals surface area contributed by atoms with E-state index in [2.05, 4.69) is 97.1 Å². The highest BCUT2D eigenvalue weighted by atomic mass is 19.4. The minimum atomic E-state index is -5.63. The van der Waals surface area contributed by atoms with E-state index in [4.69, 9.17) is 15.6 Å². The molecule has 50 heavy (non-hydrogen) atoms. The number of nitrogen functional groups attached to an aromatic ring is 1. The van der Waals surface area contributed by atoms with E-state index in [-0.39, 0.29) is 16.4 Å². The predicted octanol–water partition coefficient (Wildman–Crippen LogP) is 11.7. The Morgan fingerprint density at radius 1 is 0.660 bits per heavy atom. The number of anilines is 2. The Morgan fingerprint density at radius 3 is 1.34 bits per heavy atom. The zero-order valence-electron chi connectivity index (χ0n) is 31.0. The summed E-state index contributed by atoms with van der Waals surface area (Å²) in [4.78, 5) is 0. The Kier molecular flexibility index (Phi) is 16.9. The van der Waals surface area contributed by atoms with E-state index in [0.29, 0.717) is 35.9 Å². The van der Waals surface area contributed by atoms with Crippen LogP contribution in [0.15, 0.2) is 36.4 Å². The number of aliphatic hydroxyl groups excluding tert-OH is 2. The van der Waals surface area contributed by atoms with Gasteiger partial charge in [-0.15, -0.1) is 0 Å². The number of rotatable bonds is 6. The fourth-order valence-corrected chi connectivity index (χ4v) is 6.35. The normalized spacial score (nSPS) is 21.9. The summed E-state index contributed by atoms with van der Waals surface area (Å²) in [5, 5.41) is 21.4. The van der Waals surface area contributed by atoms with Gasteiger partial charge in [-0.05, 0) is 71.6 Å². The first kappa shape index (κ1) is 43.7. The number of fused-ring (bicyclic) bond motifs is 1. The monoisotopic (exact) mass is 724 g/mol. The molecule has 0 radical (unpaired) electrons. The highest BCUT2D eigenvalue weighted by Crippen LogP contribution is 2.37. The largest absolute Gasteiger partial charge is 0.423 e. The van der Waals surface area contributed by atoms with Crippen molar-refractivity contribution in [3.8, 4) is 0 Å². The van der Waals surface area contributed by atoms with Gasteiger partial charge in [0.15, 0.2) is 0 Å². The van der Waals surface area contributed by atoms with E-state index in [9.17, 15) is 31.4 Å². The average Bonchev–Trinajstić information content (AvgIpc) is 3.82. The van der Waals surface area contributed by atoms with Gasteiger partial charge in [-0.25, -0.2) is 0 Å². The summed E-state index contributed by atoms with van der Waals surface area (Å²) in [6.45, 7) is 17.7. The van der Waals surface area contributed by atoms with Crippen molar-refractivity contribution in [2.75, 3.05) is 11.1 Å². The number of hydrogen-bond acceptors (Lipinski definition) is 5. The number of halogens is 6. The molecule has 0 spiro atoms. The molecule has 1 saturated heterocycles. The van der Waals surface area contributed by atoms with Crippen LogP contribution in [-0.4, -0.2) is 53.0 Å². The lowest BCUT2D eigenvalue weighted by molar-refractivity contribution is -0.308. The summed E-state index contributed by atoms with van der Waals surface area (Å²) < 4.78 is 71.1. The summed E-state index contributed by atoms with van der Waals surface area (Å²) in [6.07, 6.45) is -4.43. The van der Waals surface area contributed by atoms with Crippen LogP contribution in [0.5, 0.6) is 0 Å². The molecular formula is C39H66F6N2O3. The molecule has 5 rings (SSSR count). The van der Waals surface area contributed by atoms with Crippen LogP contribution in [0.4, 0.5) is 37.7 Å². The Balaban J connectivity index is 0. The van der Waals surface area contributed by atoms with Gasteiger partial charge in [-0.1, -0.05) is 117 Å². The van der Waals surface area contributed by atoms with Crippen LogP contribution in [0.1, 0.15) is 157 Å². The first-order valence-electron chi connectivity index (χ1n) is 18.1. The van der Waals surface area contributed by atoms with E-state index >= 15 is 0 Å². The number of para-hydroxylation sites is 2. The zero-order valence-corrected chi connectivity index (χ0v) is 31.0. The topological polar surface area (TPSA) is 91.0 Å². The van der Waals surface area contributed by atoms with Crippen molar-refractivity contribution in [2.24, 2.45) is 0 Å². The molecule has 0 bridgehead atoms. The molecule has 292 valence electrons. The molecule has 2 aliphatic carbocycles. The molecule has 4 atom stereocenters. The molecule has 0 amide bonds. The van der Waals surface area contributed by atoms with E-state index in [1.54, 1.807) is 0 Å². The third kappa shape index (κ3) is 13.6. The van der Waals surface area contributed by atoms with Crippen LogP contribution in [0, 0.1) is 0 Å². The van der Waals surface area contributed by atoms with Gasteiger partial charge in [-0.3, -0.25) is 0 Å². The van der Waals surface area contributed by atoms with Crippen LogP contribution in [0.25, 0.3) is 0 Å². The molecule has 3 aliphatic rings. The molecule has 2 saturated carbocycles. The minimum absolute atomic E-state index is 0. The van der Waals surface area contributed by atoms with Gasteiger partial charge < -0.3 is 26.0 Å². The molecule has 1 aliphatic heterocycles. The second-order valence-corrected chi connectivity index (χ2v) is 14.9. The van der Waals surface area contributed by atoms with Crippen molar-refractivity contribution in [1.82, 2.24) is 0 Å². The molecule has 2 aromatic carbocycles. The molecule has 3 fully saturated rings. The molecule has 2 aromatic rings. The number of nitrogens with one attached hydrogen (secondary N) is 1. The SMILES string of the molecule is C1CCC2OC2C1.CC(C)c1cccc(C(C)C)c1N.CC(C)c1cccc(C(C)C)c1N[C@H]1CCCC[C@@H]1O.OC(C(F)(F)F)C(F)(F)F.[HH].[HH].[HH]. The second-order valence-electron chi connectivity index (χ2n) is 14.9. The number of nitrogens with two attached hydrogens (primary N) is 1. The summed E-state index contributed by atoms with van der Waals surface area (Å²) >= 11 is 0. The lowest BCUT2D eigenvalue weighted by Gasteiger charge is -2.32. The van der Waals surface area contributed by atoms with E-state index in [1.807, 2.05) is 0 Å². The quantitative estimate of drug-likeness (QED) is 0.135. The Morgan fingerprint density at radius 2 is 1.02 bits per heavy atom. The van der Waals surface area contributed by atoms with Gasteiger partial charge in [0.2, 0.25) is 6.10 Å². The lowest BCUT2D eigenvalue weighted by atomic mass is 9.89. The highest BCUT2D eigenvalue weighted by molar-refractivity contribution is 5.61. The van der Waals surface area contributed by atoms with Crippen molar-refractivity contribution in [3.63, 3.8) is 0 Å². The van der Waals surface area contributed by atoms with Gasteiger partial charge >= 0.3 is 12.4 Å². The Labute approximate surface area is 299 Å². The van der Waals surface area contributed by atoms with Crippen LogP contribution >= 0.6 is 0 Å². The third-order valence-corrected chi connectivity index (χ3v) is 9.38. The van der Waals surface area contributed by atoms with Crippen LogP contribution in [0.2, 0.25) is 0 Å². The van der Waals surface area contributed by atoms with Crippen molar-refractivity contribution in [2.45, 2.75) is 173 Å². The lowest BCUT2D eigenvalue weighted by Crippen LogP contribution is -2.41. The van der Waals surface area contributed by atoms with Crippen LogP contribution < -0.4 is 11.1 Å². The van der Waals surface area contributed by atoms with Gasteiger partial charge in [0.25, 0.3) is 0 Å². The molecule has 0 aromatic heterocycles. The van der Waals surface area contributed by atoms with E-state index in [0.717, 1.165) is 24.9 Å². The second kappa shape index (κ2) is 19.4. The predicted molar refractivity (Wildman–Crippen MR) is 197 cm³/mol. The molecule has 5 nitrogen and oxygen atoms in total. The Bertz CT molecular complexity index is 1240. The minimum Gasteiger partial charge on any atom is -0.398 e. The van der Waals surface area contributed by atoms with Gasteiger partial charge in [0, 0.05) is 15.7 Å². The molecule has 11 heteroatoms. The summed E-state index contributed by atoms with van der Waals surface area (Å²) in [5.74, 6) is 2.02.